The normalized spacial score (nSPS) is 11.6. The summed E-state index contributed by atoms with van der Waals surface area (Å²) in [4.78, 5) is 14.9. The Labute approximate surface area is 150 Å². The van der Waals surface area contributed by atoms with Crippen molar-refractivity contribution in [2.45, 2.75) is 13.5 Å². The van der Waals surface area contributed by atoms with Crippen LogP contribution in [0.4, 0.5) is 11.4 Å². The molecule has 0 saturated carbocycles. The van der Waals surface area contributed by atoms with Crippen LogP contribution in [0.2, 0.25) is 0 Å². The Kier molecular flexibility index (Phi) is 3.97. The molecule has 0 aliphatic carbocycles. The molecular formula is C21H17N3O2. The van der Waals surface area contributed by atoms with Crippen molar-refractivity contribution < 1.29 is 4.92 Å². The van der Waals surface area contributed by atoms with Crippen molar-refractivity contribution in [1.29, 1.82) is 0 Å². The summed E-state index contributed by atoms with van der Waals surface area (Å²) in [6.07, 6.45) is 1.73. The van der Waals surface area contributed by atoms with Crippen molar-refractivity contribution in [1.82, 2.24) is 4.57 Å². The third kappa shape index (κ3) is 2.73. The molecule has 26 heavy (non-hydrogen) atoms. The van der Waals surface area contributed by atoms with E-state index in [-0.39, 0.29) is 5.69 Å². The van der Waals surface area contributed by atoms with E-state index in [0.717, 1.165) is 23.3 Å². The average Bonchev–Trinajstić information content (AvgIpc) is 2.99. The molecule has 0 atom stereocenters. The van der Waals surface area contributed by atoms with Gasteiger partial charge in [0, 0.05) is 41.2 Å². The minimum Gasteiger partial charge on any atom is -0.341 e. The second kappa shape index (κ2) is 6.44. The van der Waals surface area contributed by atoms with E-state index in [1.165, 1.54) is 28.4 Å². The maximum atomic E-state index is 10.7. The lowest BCUT2D eigenvalue weighted by atomic mass is 10.1. The quantitative estimate of drug-likeness (QED) is 0.280. The number of rotatable bonds is 4. The van der Waals surface area contributed by atoms with Crippen LogP contribution in [-0.2, 0) is 6.54 Å². The summed E-state index contributed by atoms with van der Waals surface area (Å²) < 4.78 is 2.29. The smallest absolute Gasteiger partial charge is 0.269 e. The molecule has 0 aliphatic rings. The number of nitro benzene ring substituents is 1. The topological polar surface area (TPSA) is 60.4 Å². The molecule has 0 bridgehead atoms. The zero-order valence-corrected chi connectivity index (χ0v) is 14.3. The molecule has 4 rings (SSSR count). The number of benzene rings is 3. The van der Waals surface area contributed by atoms with Gasteiger partial charge in [0.25, 0.3) is 5.69 Å². The highest BCUT2D eigenvalue weighted by Gasteiger charge is 2.09. The van der Waals surface area contributed by atoms with E-state index in [1.54, 1.807) is 18.3 Å². The first-order chi connectivity index (χ1) is 12.7. The largest absolute Gasteiger partial charge is 0.341 e. The molecule has 5 heteroatoms. The van der Waals surface area contributed by atoms with Crippen molar-refractivity contribution in [3.05, 3.63) is 82.4 Å². The molecule has 0 unspecified atom stereocenters. The summed E-state index contributed by atoms with van der Waals surface area (Å²) in [5.41, 5.74) is 4.14. The molecule has 0 aliphatic heterocycles. The summed E-state index contributed by atoms with van der Waals surface area (Å²) in [5, 5.41) is 13.2. The molecule has 4 aromatic rings. The molecule has 1 heterocycles. The number of aromatic nitrogens is 1. The fourth-order valence-corrected chi connectivity index (χ4v) is 3.29. The zero-order valence-electron chi connectivity index (χ0n) is 14.3. The van der Waals surface area contributed by atoms with Gasteiger partial charge >= 0.3 is 0 Å². The molecule has 3 aromatic carbocycles. The van der Waals surface area contributed by atoms with Crippen LogP contribution in [0.15, 0.2) is 71.7 Å². The molecular weight excluding hydrogens is 326 g/mol. The molecule has 0 saturated heterocycles. The van der Waals surface area contributed by atoms with Crippen LogP contribution in [0.25, 0.3) is 21.8 Å². The Morgan fingerprint density at radius 3 is 2.46 bits per heavy atom. The third-order valence-corrected chi connectivity index (χ3v) is 4.54. The van der Waals surface area contributed by atoms with E-state index in [9.17, 15) is 10.1 Å². The Morgan fingerprint density at radius 2 is 1.73 bits per heavy atom. The van der Waals surface area contributed by atoms with E-state index in [1.807, 2.05) is 6.07 Å². The number of nitro groups is 1. The van der Waals surface area contributed by atoms with Crippen molar-refractivity contribution >= 4 is 39.4 Å². The van der Waals surface area contributed by atoms with Gasteiger partial charge in [-0.3, -0.25) is 15.1 Å². The van der Waals surface area contributed by atoms with Gasteiger partial charge in [0.15, 0.2) is 0 Å². The van der Waals surface area contributed by atoms with Gasteiger partial charge in [-0.25, -0.2) is 0 Å². The number of nitrogens with zero attached hydrogens (tertiary/aromatic N) is 3. The molecule has 128 valence electrons. The number of hydrogen-bond acceptors (Lipinski definition) is 3. The van der Waals surface area contributed by atoms with Gasteiger partial charge in [-0.2, -0.15) is 0 Å². The van der Waals surface area contributed by atoms with Gasteiger partial charge in [-0.05, 0) is 42.8 Å². The Balaban J connectivity index is 1.73. The SMILES string of the molecule is CCn1c2ccccc2c2ccc(N=Cc3ccc([N+](=O)[O-])cc3)cc21. The highest BCUT2D eigenvalue weighted by molar-refractivity contribution is 6.08. The molecule has 0 amide bonds. The number of non-ortho nitro benzene ring substituents is 1. The van der Waals surface area contributed by atoms with Crippen molar-refractivity contribution in [3.63, 3.8) is 0 Å². The van der Waals surface area contributed by atoms with Crippen LogP contribution in [0.3, 0.4) is 0 Å². The maximum absolute atomic E-state index is 10.7. The lowest BCUT2D eigenvalue weighted by Crippen LogP contribution is -1.92. The van der Waals surface area contributed by atoms with Crippen molar-refractivity contribution in [2.24, 2.45) is 4.99 Å². The van der Waals surface area contributed by atoms with Crippen molar-refractivity contribution in [3.8, 4) is 0 Å². The minimum absolute atomic E-state index is 0.0797. The lowest BCUT2D eigenvalue weighted by molar-refractivity contribution is -0.384. The molecule has 0 N–H and O–H groups in total. The van der Waals surface area contributed by atoms with Gasteiger partial charge in [-0.15, -0.1) is 0 Å². The number of aryl methyl sites for hydroxylation is 1. The molecule has 5 nitrogen and oxygen atoms in total. The monoisotopic (exact) mass is 343 g/mol. The van der Waals surface area contributed by atoms with E-state index in [2.05, 4.69) is 52.9 Å². The first-order valence-corrected chi connectivity index (χ1v) is 8.47. The van der Waals surface area contributed by atoms with Crippen LogP contribution < -0.4 is 0 Å². The first kappa shape index (κ1) is 16.0. The van der Waals surface area contributed by atoms with Crippen LogP contribution >= 0.6 is 0 Å². The Morgan fingerprint density at radius 1 is 1.00 bits per heavy atom. The van der Waals surface area contributed by atoms with E-state index in [4.69, 9.17) is 0 Å². The van der Waals surface area contributed by atoms with Gasteiger partial charge in [0.05, 0.1) is 16.1 Å². The summed E-state index contributed by atoms with van der Waals surface area (Å²) in [5.74, 6) is 0. The molecule has 0 fully saturated rings. The Hall–Kier alpha value is -3.47. The summed E-state index contributed by atoms with van der Waals surface area (Å²) in [6, 6.07) is 20.9. The predicted molar refractivity (Wildman–Crippen MR) is 105 cm³/mol. The average molecular weight is 343 g/mol. The van der Waals surface area contributed by atoms with Crippen LogP contribution in [-0.4, -0.2) is 15.7 Å². The number of aliphatic imine (C=N–C) groups is 1. The fourth-order valence-electron chi connectivity index (χ4n) is 3.29. The highest BCUT2D eigenvalue weighted by Crippen LogP contribution is 2.31. The molecule has 0 spiro atoms. The fraction of sp³-hybridized carbons (Fsp3) is 0.0952. The van der Waals surface area contributed by atoms with E-state index < -0.39 is 4.92 Å². The first-order valence-electron chi connectivity index (χ1n) is 8.47. The second-order valence-corrected chi connectivity index (χ2v) is 6.07. The third-order valence-electron chi connectivity index (χ3n) is 4.54. The molecule has 1 aromatic heterocycles. The van der Waals surface area contributed by atoms with Gasteiger partial charge in [-0.1, -0.05) is 24.3 Å². The lowest BCUT2D eigenvalue weighted by Gasteiger charge is -2.03. The van der Waals surface area contributed by atoms with Gasteiger partial charge in [0.2, 0.25) is 0 Å². The van der Waals surface area contributed by atoms with Crippen molar-refractivity contribution in [2.75, 3.05) is 0 Å². The predicted octanol–water partition coefficient (Wildman–Crippen LogP) is 5.47. The minimum atomic E-state index is -0.404. The number of fused-ring (bicyclic) bond motifs is 3. The van der Waals surface area contributed by atoms with Gasteiger partial charge in [0.1, 0.15) is 0 Å². The summed E-state index contributed by atoms with van der Waals surface area (Å²) >= 11 is 0. The highest BCUT2D eigenvalue weighted by atomic mass is 16.6. The number of para-hydroxylation sites is 1. The van der Waals surface area contributed by atoms with Gasteiger partial charge < -0.3 is 4.57 Å². The van der Waals surface area contributed by atoms with E-state index >= 15 is 0 Å². The zero-order chi connectivity index (χ0) is 18.1. The van der Waals surface area contributed by atoms with Crippen LogP contribution in [0, 0.1) is 10.1 Å². The number of hydrogen-bond donors (Lipinski definition) is 0. The second-order valence-electron chi connectivity index (χ2n) is 6.07. The van der Waals surface area contributed by atoms with Crippen LogP contribution in [0.5, 0.6) is 0 Å². The van der Waals surface area contributed by atoms with Crippen LogP contribution in [0.1, 0.15) is 12.5 Å². The maximum Gasteiger partial charge on any atom is 0.269 e. The molecule has 0 radical (unpaired) electrons. The van der Waals surface area contributed by atoms with E-state index in [0.29, 0.717) is 0 Å². The Bertz CT molecular complexity index is 1140. The summed E-state index contributed by atoms with van der Waals surface area (Å²) in [7, 11) is 0. The summed E-state index contributed by atoms with van der Waals surface area (Å²) in [6.45, 7) is 3.03. The standard InChI is InChI=1S/C21H17N3O2/c1-2-23-20-6-4-3-5-18(20)19-12-9-16(13-21(19)23)22-14-15-7-10-17(11-8-15)24(25)26/h3-14H,2H2,1H3.